The van der Waals surface area contributed by atoms with Gasteiger partial charge in [-0.15, -0.1) is 10.2 Å². The van der Waals surface area contributed by atoms with Crippen molar-refractivity contribution in [3.05, 3.63) is 5.82 Å². The van der Waals surface area contributed by atoms with Crippen LogP contribution in [0.5, 0.6) is 0 Å². The number of nitriles is 1. The van der Waals surface area contributed by atoms with Crippen LogP contribution in [0.25, 0.3) is 0 Å². The number of hydrogen-bond acceptors (Lipinski definition) is 5. The van der Waals surface area contributed by atoms with Crippen LogP contribution in [0.2, 0.25) is 0 Å². The third kappa shape index (κ3) is 4.02. The number of aryl methyl sites for hydroxylation is 1. The molecule has 0 radical (unpaired) electrons. The van der Waals surface area contributed by atoms with Crippen LogP contribution in [0, 0.1) is 23.7 Å². The van der Waals surface area contributed by atoms with Crippen molar-refractivity contribution in [2.75, 3.05) is 12.3 Å². The maximum Gasteiger partial charge on any atom is 0.191 e. The highest BCUT2D eigenvalue weighted by Gasteiger charge is 2.17. The van der Waals surface area contributed by atoms with Crippen molar-refractivity contribution in [3.8, 4) is 6.07 Å². The molecule has 1 aromatic rings. The largest absolute Gasteiger partial charge is 0.329 e. The molecule has 0 atom stereocenters. The molecule has 5 nitrogen and oxygen atoms in total. The van der Waals surface area contributed by atoms with E-state index in [4.69, 9.17) is 11.0 Å². The van der Waals surface area contributed by atoms with Crippen molar-refractivity contribution >= 4 is 11.8 Å². The van der Waals surface area contributed by atoms with Gasteiger partial charge in [-0.1, -0.05) is 11.8 Å². The summed E-state index contributed by atoms with van der Waals surface area (Å²) in [5, 5.41) is 18.0. The van der Waals surface area contributed by atoms with Crippen LogP contribution in [0.4, 0.5) is 0 Å². The van der Waals surface area contributed by atoms with Gasteiger partial charge < -0.3 is 10.3 Å². The van der Waals surface area contributed by atoms with Crippen LogP contribution in [-0.4, -0.2) is 27.1 Å². The minimum atomic E-state index is -0.277. The van der Waals surface area contributed by atoms with Crippen LogP contribution in [0.3, 0.4) is 0 Å². The average molecular weight is 253 g/mol. The molecule has 0 bridgehead atoms. The van der Waals surface area contributed by atoms with Crippen molar-refractivity contribution in [2.24, 2.45) is 11.1 Å². The van der Waals surface area contributed by atoms with Gasteiger partial charge in [0.25, 0.3) is 0 Å². The second-order valence-electron chi connectivity index (χ2n) is 4.56. The lowest BCUT2D eigenvalue weighted by Crippen LogP contribution is -2.13. The van der Waals surface area contributed by atoms with E-state index in [-0.39, 0.29) is 5.41 Å². The van der Waals surface area contributed by atoms with Crippen LogP contribution < -0.4 is 5.73 Å². The minimum Gasteiger partial charge on any atom is -0.329 e. The highest BCUT2D eigenvalue weighted by atomic mass is 32.2. The molecule has 0 aliphatic carbocycles. The number of thioether (sulfide) groups is 1. The van der Waals surface area contributed by atoms with Gasteiger partial charge in [-0.3, -0.25) is 0 Å². The van der Waals surface area contributed by atoms with Gasteiger partial charge in [0, 0.05) is 18.8 Å². The van der Waals surface area contributed by atoms with Gasteiger partial charge in [0.1, 0.15) is 5.82 Å². The first-order valence-electron chi connectivity index (χ1n) is 5.64. The normalized spacial score (nSPS) is 11.5. The van der Waals surface area contributed by atoms with Crippen molar-refractivity contribution in [3.63, 3.8) is 0 Å². The molecule has 0 amide bonds. The standard InChI is InChI=1S/C11H19N5S/c1-9-14-15-10(16(9)6-5-12)17-7-4-11(2,3)8-13/h4-7,12H2,1-3H3. The summed E-state index contributed by atoms with van der Waals surface area (Å²) in [5.41, 5.74) is 5.27. The van der Waals surface area contributed by atoms with Crippen LogP contribution in [0.15, 0.2) is 5.16 Å². The van der Waals surface area contributed by atoms with E-state index in [2.05, 4.69) is 16.3 Å². The lowest BCUT2D eigenvalue weighted by Gasteiger charge is -2.14. The summed E-state index contributed by atoms with van der Waals surface area (Å²) in [4.78, 5) is 0. The second kappa shape index (κ2) is 6.03. The predicted octanol–water partition coefficient (Wildman–Crippen LogP) is 1.58. The summed E-state index contributed by atoms with van der Waals surface area (Å²) in [5.74, 6) is 1.75. The molecule has 6 heteroatoms. The van der Waals surface area contributed by atoms with E-state index in [0.29, 0.717) is 6.54 Å². The fourth-order valence-corrected chi connectivity index (χ4v) is 2.58. The maximum atomic E-state index is 8.93. The zero-order valence-electron chi connectivity index (χ0n) is 10.6. The van der Waals surface area contributed by atoms with E-state index in [9.17, 15) is 0 Å². The van der Waals surface area contributed by atoms with Crippen molar-refractivity contribution in [2.45, 2.75) is 38.9 Å². The average Bonchev–Trinajstić information content (AvgIpc) is 2.62. The molecule has 0 aromatic carbocycles. The Labute approximate surface area is 106 Å². The molecule has 2 N–H and O–H groups in total. The Morgan fingerprint density at radius 3 is 2.76 bits per heavy atom. The van der Waals surface area contributed by atoms with Gasteiger partial charge in [-0.05, 0) is 27.2 Å². The van der Waals surface area contributed by atoms with Crippen LogP contribution in [0.1, 0.15) is 26.1 Å². The molecule has 0 saturated heterocycles. The van der Waals surface area contributed by atoms with E-state index < -0.39 is 0 Å². The Morgan fingerprint density at radius 2 is 2.18 bits per heavy atom. The lowest BCUT2D eigenvalue weighted by atomic mass is 9.93. The fraction of sp³-hybridized carbons (Fsp3) is 0.727. The number of rotatable bonds is 6. The molecular weight excluding hydrogens is 234 g/mol. The second-order valence-corrected chi connectivity index (χ2v) is 5.63. The highest BCUT2D eigenvalue weighted by molar-refractivity contribution is 7.99. The number of nitrogens with two attached hydrogens (primary N) is 1. The van der Waals surface area contributed by atoms with Crippen molar-refractivity contribution < 1.29 is 0 Å². The molecule has 17 heavy (non-hydrogen) atoms. The van der Waals surface area contributed by atoms with E-state index in [1.165, 1.54) is 0 Å². The van der Waals surface area contributed by atoms with Gasteiger partial charge in [0.2, 0.25) is 0 Å². The highest BCUT2D eigenvalue weighted by Crippen LogP contribution is 2.25. The first-order valence-corrected chi connectivity index (χ1v) is 6.62. The molecule has 0 aliphatic heterocycles. The molecule has 1 heterocycles. The Bertz CT molecular complexity index is 404. The molecule has 0 aliphatic rings. The number of aromatic nitrogens is 3. The van der Waals surface area contributed by atoms with Crippen molar-refractivity contribution in [1.29, 1.82) is 5.26 Å². The Morgan fingerprint density at radius 1 is 1.47 bits per heavy atom. The summed E-state index contributed by atoms with van der Waals surface area (Å²) < 4.78 is 2.02. The fourth-order valence-electron chi connectivity index (χ4n) is 1.31. The Kier molecular flexibility index (Phi) is 4.97. The van der Waals surface area contributed by atoms with Gasteiger partial charge in [0.05, 0.1) is 11.5 Å². The number of hydrogen-bond donors (Lipinski definition) is 1. The van der Waals surface area contributed by atoms with Crippen LogP contribution in [-0.2, 0) is 6.54 Å². The molecule has 1 aromatic heterocycles. The monoisotopic (exact) mass is 253 g/mol. The summed E-state index contributed by atoms with van der Waals surface area (Å²) >= 11 is 1.63. The lowest BCUT2D eigenvalue weighted by molar-refractivity contribution is 0.481. The molecule has 0 saturated carbocycles. The smallest absolute Gasteiger partial charge is 0.191 e. The van der Waals surface area contributed by atoms with Crippen molar-refractivity contribution in [1.82, 2.24) is 14.8 Å². The molecule has 94 valence electrons. The minimum absolute atomic E-state index is 0.277. The van der Waals surface area contributed by atoms with E-state index >= 15 is 0 Å². The van der Waals surface area contributed by atoms with Gasteiger partial charge in [0.15, 0.2) is 5.16 Å². The molecule has 0 fully saturated rings. The SMILES string of the molecule is Cc1nnc(SCCC(C)(C)C#N)n1CCN. The van der Waals surface area contributed by atoms with E-state index in [1.807, 2.05) is 25.3 Å². The summed E-state index contributed by atoms with van der Waals surface area (Å²) in [6, 6.07) is 2.30. The molecular formula is C11H19N5S. The number of nitrogens with zero attached hydrogens (tertiary/aromatic N) is 4. The third-order valence-electron chi connectivity index (χ3n) is 2.52. The summed E-state index contributed by atoms with van der Waals surface area (Å²) in [6.45, 7) is 7.14. The first-order chi connectivity index (χ1) is 8.00. The van der Waals surface area contributed by atoms with Gasteiger partial charge in [-0.2, -0.15) is 5.26 Å². The Hall–Kier alpha value is -1.06. The van der Waals surface area contributed by atoms with Gasteiger partial charge in [-0.25, -0.2) is 0 Å². The van der Waals surface area contributed by atoms with Gasteiger partial charge >= 0.3 is 0 Å². The van der Waals surface area contributed by atoms with E-state index in [1.54, 1.807) is 11.8 Å². The Balaban J connectivity index is 2.55. The zero-order valence-corrected chi connectivity index (χ0v) is 11.4. The first kappa shape index (κ1) is 14.0. The topological polar surface area (TPSA) is 80.5 Å². The van der Waals surface area contributed by atoms with E-state index in [0.717, 1.165) is 29.7 Å². The third-order valence-corrected chi connectivity index (χ3v) is 3.48. The quantitative estimate of drug-likeness (QED) is 0.778. The molecule has 1 rings (SSSR count). The molecule has 0 unspecified atom stereocenters. The maximum absolute atomic E-state index is 8.93. The molecule has 0 spiro atoms. The predicted molar refractivity (Wildman–Crippen MR) is 68.5 cm³/mol. The zero-order chi connectivity index (χ0) is 12.9. The van der Waals surface area contributed by atoms with Crippen LogP contribution >= 0.6 is 11.8 Å². The summed E-state index contributed by atoms with van der Waals surface area (Å²) in [6.07, 6.45) is 0.836. The summed E-state index contributed by atoms with van der Waals surface area (Å²) in [7, 11) is 0.